The van der Waals surface area contributed by atoms with Crippen LogP contribution < -0.4 is 5.32 Å². The number of alkyl carbamates (subject to hydrolysis) is 1. The molecule has 0 unspecified atom stereocenters. The molecule has 1 aromatic carbocycles. The highest BCUT2D eigenvalue weighted by molar-refractivity contribution is 5.68. The van der Waals surface area contributed by atoms with Crippen LogP contribution in [-0.2, 0) is 16.7 Å². The third kappa shape index (κ3) is 5.73. The molecule has 4 nitrogen and oxygen atoms in total. The molecule has 0 atom stereocenters. The summed E-state index contributed by atoms with van der Waals surface area (Å²) in [6.45, 7) is 13.8. The number of amides is 1. The summed E-state index contributed by atoms with van der Waals surface area (Å²) < 4.78 is 5.39. The number of hydrogen-bond donors (Lipinski definition) is 1. The summed E-state index contributed by atoms with van der Waals surface area (Å²) in [5.74, 6) is 0.775. The van der Waals surface area contributed by atoms with Crippen molar-refractivity contribution < 1.29 is 9.53 Å². The van der Waals surface area contributed by atoms with Gasteiger partial charge in [-0.3, -0.25) is 4.90 Å². The first kappa shape index (κ1) is 21.2. The van der Waals surface area contributed by atoms with E-state index in [0.717, 1.165) is 31.8 Å². The molecule has 156 valence electrons. The smallest absolute Gasteiger partial charge is 0.407 e. The van der Waals surface area contributed by atoms with Crippen molar-refractivity contribution in [1.82, 2.24) is 10.2 Å². The van der Waals surface area contributed by atoms with E-state index in [-0.39, 0.29) is 17.6 Å². The Morgan fingerprint density at radius 2 is 1.86 bits per heavy atom. The van der Waals surface area contributed by atoms with Gasteiger partial charge in [0.1, 0.15) is 5.60 Å². The zero-order chi connectivity index (χ0) is 20.4. The second-order valence-electron chi connectivity index (χ2n) is 10.4. The first-order valence-corrected chi connectivity index (χ1v) is 10.9. The standard InChI is InChI=1S/C24H38N2O2/c1-23(2,3)28-22(27)25-20-12-10-18(11-13-20)14-15-26-16-19-8-6-7-9-21(19)24(4,5)17-26/h6-9,18,20H,10-17H2,1-5H3,(H,25,27). The fourth-order valence-electron chi connectivity index (χ4n) is 4.85. The molecule has 0 aromatic heterocycles. The van der Waals surface area contributed by atoms with Gasteiger partial charge in [-0.2, -0.15) is 0 Å². The molecule has 3 rings (SSSR count). The topological polar surface area (TPSA) is 41.6 Å². The number of nitrogens with one attached hydrogen (secondary N) is 1. The minimum Gasteiger partial charge on any atom is -0.444 e. The molecule has 0 saturated heterocycles. The minimum atomic E-state index is -0.428. The molecular weight excluding hydrogens is 348 g/mol. The Hall–Kier alpha value is -1.55. The lowest BCUT2D eigenvalue weighted by Crippen LogP contribution is -2.43. The summed E-state index contributed by atoms with van der Waals surface area (Å²) in [4.78, 5) is 14.6. The van der Waals surface area contributed by atoms with E-state index in [9.17, 15) is 4.79 Å². The van der Waals surface area contributed by atoms with E-state index in [0.29, 0.717) is 0 Å². The Labute approximate surface area is 171 Å². The van der Waals surface area contributed by atoms with Crippen LogP contribution in [0.3, 0.4) is 0 Å². The van der Waals surface area contributed by atoms with Crippen LogP contribution in [0.2, 0.25) is 0 Å². The van der Waals surface area contributed by atoms with E-state index in [1.807, 2.05) is 20.8 Å². The van der Waals surface area contributed by atoms with Crippen LogP contribution in [0.4, 0.5) is 4.79 Å². The van der Waals surface area contributed by atoms with Gasteiger partial charge in [0.25, 0.3) is 0 Å². The SMILES string of the molecule is CC(C)(C)OC(=O)NC1CCC(CCN2Cc3ccccc3C(C)(C)C2)CC1. The van der Waals surface area contributed by atoms with Gasteiger partial charge in [0, 0.05) is 24.5 Å². The van der Waals surface area contributed by atoms with E-state index >= 15 is 0 Å². The Morgan fingerprint density at radius 1 is 1.18 bits per heavy atom. The van der Waals surface area contributed by atoms with Crippen LogP contribution >= 0.6 is 0 Å². The molecule has 1 fully saturated rings. The molecule has 1 saturated carbocycles. The van der Waals surface area contributed by atoms with E-state index in [1.54, 1.807) is 0 Å². The molecule has 1 amide bonds. The van der Waals surface area contributed by atoms with Crippen molar-refractivity contribution >= 4 is 6.09 Å². The number of ether oxygens (including phenoxy) is 1. The van der Waals surface area contributed by atoms with E-state index in [4.69, 9.17) is 4.74 Å². The number of rotatable bonds is 4. The predicted octanol–water partition coefficient (Wildman–Crippen LogP) is 5.25. The molecule has 1 aromatic rings. The van der Waals surface area contributed by atoms with Gasteiger partial charge < -0.3 is 10.1 Å². The van der Waals surface area contributed by atoms with Gasteiger partial charge in [0.05, 0.1) is 0 Å². The number of fused-ring (bicyclic) bond motifs is 1. The third-order valence-electron chi connectivity index (χ3n) is 6.18. The molecule has 1 N–H and O–H groups in total. The van der Waals surface area contributed by atoms with Crippen LogP contribution in [0.5, 0.6) is 0 Å². The largest absolute Gasteiger partial charge is 0.444 e. The summed E-state index contributed by atoms with van der Waals surface area (Å²) in [7, 11) is 0. The van der Waals surface area contributed by atoms with Gasteiger partial charge in [-0.25, -0.2) is 4.79 Å². The first-order valence-electron chi connectivity index (χ1n) is 10.9. The molecule has 0 spiro atoms. The Balaban J connectivity index is 1.42. The summed E-state index contributed by atoms with van der Waals surface area (Å²) in [5.41, 5.74) is 2.80. The zero-order valence-electron chi connectivity index (χ0n) is 18.4. The van der Waals surface area contributed by atoms with E-state index < -0.39 is 5.60 Å². The second-order valence-corrected chi connectivity index (χ2v) is 10.4. The van der Waals surface area contributed by atoms with Gasteiger partial charge in [0.15, 0.2) is 0 Å². The van der Waals surface area contributed by atoms with Crippen molar-refractivity contribution in [3.05, 3.63) is 35.4 Å². The number of benzene rings is 1. The lowest BCUT2D eigenvalue weighted by molar-refractivity contribution is 0.0485. The normalized spacial score (nSPS) is 25.0. The van der Waals surface area contributed by atoms with Gasteiger partial charge >= 0.3 is 6.09 Å². The van der Waals surface area contributed by atoms with Crippen LogP contribution in [0.15, 0.2) is 24.3 Å². The fraction of sp³-hybridized carbons (Fsp3) is 0.708. The molecule has 1 aliphatic carbocycles. The monoisotopic (exact) mass is 386 g/mol. The maximum Gasteiger partial charge on any atom is 0.407 e. The third-order valence-corrected chi connectivity index (χ3v) is 6.18. The van der Waals surface area contributed by atoms with Crippen LogP contribution in [0, 0.1) is 5.92 Å². The zero-order valence-corrected chi connectivity index (χ0v) is 18.4. The number of nitrogens with zero attached hydrogens (tertiary/aromatic N) is 1. The highest BCUT2D eigenvalue weighted by Gasteiger charge is 2.32. The molecule has 4 heteroatoms. The van der Waals surface area contributed by atoms with Crippen molar-refractivity contribution in [2.45, 2.75) is 90.3 Å². The van der Waals surface area contributed by atoms with E-state index in [2.05, 4.69) is 48.3 Å². The maximum atomic E-state index is 12.0. The van der Waals surface area contributed by atoms with Crippen molar-refractivity contribution in [2.24, 2.45) is 5.92 Å². The molecule has 0 radical (unpaired) electrons. The van der Waals surface area contributed by atoms with Crippen molar-refractivity contribution in [3.8, 4) is 0 Å². The highest BCUT2D eigenvalue weighted by atomic mass is 16.6. The molecule has 1 heterocycles. The van der Waals surface area contributed by atoms with E-state index in [1.165, 1.54) is 36.9 Å². The lowest BCUT2D eigenvalue weighted by Gasteiger charge is -2.40. The van der Waals surface area contributed by atoms with Crippen LogP contribution in [0.25, 0.3) is 0 Å². The van der Waals surface area contributed by atoms with Gasteiger partial charge in [-0.15, -0.1) is 0 Å². The van der Waals surface area contributed by atoms with Gasteiger partial charge in [-0.05, 0) is 76.5 Å². The number of carbonyl (C=O) groups is 1. The molecular formula is C24H38N2O2. The Bertz CT molecular complexity index is 669. The summed E-state index contributed by atoms with van der Waals surface area (Å²) >= 11 is 0. The molecule has 0 bridgehead atoms. The second kappa shape index (κ2) is 8.44. The van der Waals surface area contributed by atoms with Crippen molar-refractivity contribution in [2.75, 3.05) is 13.1 Å². The molecule has 28 heavy (non-hydrogen) atoms. The van der Waals surface area contributed by atoms with Gasteiger partial charge in [0.2, 0.25) is 0 Å². The summed E-state index contributed by atoms with van der Waals surface area (Å²) in [6, 6.07) is 9.19. The number of hydrogen-bond acceptors (Lipinski definition) is 3. The van der Waals surface area contributed by atoms with Gasteiger partial charge in [-0.1, -0.05) is 38.1 Å². The minimum absolute atomic E-state index is 0.226. The Morgan fingerprint density at radius 3 is 2.54 bits per heavy atom. The highest BCUT2D eigenvalue weighted by Crippen LogP contribution is 2.34. The summed E-state index contributed by atoms with van der Waals surface area (Å²) in [6.07, 6.45) is 5.53. The molecule has 1 aliphatic heterocycles. The van der Waals surface area contributed by atoms with Crippen LogP contribution in [0.1, 0.15) is 77.8 Å². The Kier molecular flexibility index (Phi) is 6.38. The number of carbonyl (C=O) groups excluding carboxylic acids is 1. The van der Waals surface area contributed by atoms with Crippen LogP contribution in [-0.4, -0.2) is 35.7 Å². The lowest BCUT2D eigenvalue weighted by atomic mass is 9.78. The fourth-order valence-corrected chi connectivity index (χ4v) is 4.85. The average molecular weight is 387 g/mol. The average Bonchev–Trinajstić information content (AvgIpc) is 2.59. The van der Waals surface area contributed by atoms with Crippen molar-refractivity contribution in [1.29, 1.82) is 0 Å². The van der Waals surface area contributed by atoms with Crippen molar-refractivity contribution in [3.63, 3.8) is 0 Å². The summed E-state index contributed by atoms with van der Waals surface area (Å²) in [5, 5.41) is 3.05. The quantitative estimate of drug-likeness (QED) is 0.768. The first-order chi connectivity index (χ1) is 13.1. The maximum absolute atomic E-state index is 12.0. The predicted molar refractivity (Wildman–Crippen MR) is 114 cm³/mol. The molecule has 2 aliphatic rings.